The summed E-state index contributed by atoms with van der Waals surface area (Å²) in [4.78, 5) is 25.7. The summed E-state index contributed by atoms with van der Waals surface area (Å²) in [6, 6.07) is 0. The van der Waals surface area contributed by atoms with Gasteiger partial charge in [-0.2, -0.15) is 0 Å². The van der Waals surface area contributed by atoms with E-state index in [0.717, 1.165) is 38.8 Å². The van der Waals surface area contributed by atoms with E-state index in [0.29, 0.717) is 25.4 Å². The summed E-state index contributed by atoms with van der Waals surface area (Å²) in [5.74, 6) is 0.693. The number of hydrogen-bond acceptors (Lipinski definition) is 3. The van der Waals surface area contributed by atoms with Crippen LogP contribution in [0.15, 0.2) is 0 Å². The number of nitrogens with one attached hydrogen (secondary N) is 2. The van der Waals surface area contributed by atoms with Gasteiger partial charge in [0.2, 0.25) is 11.8 Å². The molecule has 1 unspecified atom stereocenters. The topological polar surface area (TPSA) is 61.4 Å². The summed E-state index contributed by atoms with van der Waals surface area (Å²) in [7, 11) is 0. The van der Waals surface area contributed by atoms with Crippen LogP contribution >= 0.6 is 0 Å². The minimum absolute atomic E-state index is 0.0452. The number of amides is 2. The van der Waals surface area contributed by atoms with Crippen LogP contribution in [0.2, 0.25) is 0 Å². The summed E-state index contributed by atoms with van der Waals surface area (Å²) in [6.07, 6.45) is 4.47. The average Bonchev–Trinajstić information content (AvgIpc) is 2.95. The molecule has 0 saturated carbocycles. The van der Waals surface area contributed by atoms with Crippen molar-refractivity contribution < 1.29 is 9.59 Å². The summed E-state index contributed by atoms with van der Waals surface area (Å²) < 4.78 is 0. The van der Waals surface area contributed by atoms with Crippen molar-refractivity contribution in [1.29, 1.82) is 0 Å². The Morgan fingerprint density at radius 3 is 2.70 bits per heavy atom. The lowest BCUT2D eigenvalue weighted by Gasteiger charge is -2.22. The zero-order valence-corrected chi connectivity index (χ0v) is 12.9. The molecule has 20 heavy (non-hydrogen) atoms. The van der Waals surface area contributed by atoms with Gasteiger partial charge in [0, 0.05) is 19.5 Å². The minimum atomic E-state index is -0.0452. The molecule has 1 rings (SSSR count). The summed E-state index contributed by atoms with van der Waals surface area (Å²) in [5, 5.41) is 6.15. The van der Waals surface area contributed by atoms with E-state index in [9.17, 15) is 9.59 Å². The zero-order valence-electron chi connectivity index (χ0n) is 12.9. The molecule has 5 heteroatoms. The minimum Gasteiger partial charge on any atom is -0.355 e. The molecule has 1 atom stereocenters. The first-order chi connectivity index (χ1) is 9.67. The van der Waals surface area contributed by atoms with E-state index < -0.39 is 0 Å². The fourth-order valence-corrected chi connectivity index (χ4v) is 2.50. The van der Waals surface area contributed by atoms with Crippen LogP contribution in [0.3, 0.4) is 0 Å². The van der Waals surface area contributed by atoms with Gasteiger partial charge in [0.15, 0.2) is 0 Å². The van der Waals surface area contributed by atoms with Crippen LogP contribution in [0, 0.1) is 5.92 Å². The second-order valence-corrected chi connectivity index (χ2v) is 5.56. The van der Waals surface area contributed by atoms with Crippen LogP contribution in [-0.4, -0.2) is 49.4 Å². The van der Waals surface area contributed by atoms with E-state index in [4.69, 9.17) is 0 Å². The van der Waals surface area contributed by atoms with E-state index in [-0.39, 0.29) is 18.4 Å². The molecule has 2 N–H and O–H groups in total. The van der Waals surface area contributed by atoms with Gasteiger partial charge in [-0.15, -0.1) is 0 Å². The lowest BCUT2D eigenvalue weighted by atomic mass is 10.0. The molecule has 0 bridgehead atoms. The molecule has 1 heterocycles. The normalized spacial score (nSPS) is 18.0. The Balaban J connectivity index is 2.34. The molecule has 0 aliphatic carbocycles. The fraction of sp³-hybridized carbons (Fsp3) is 0.867. The molecule has 0 aromatic rings. The molecule has 1 fully saturated rings. The highest BCUT2D eigenvalue weighted by Crippen LogP contribution is 2.15. The van der Waals surface area contributed by atoms with Gasteiger partial charge in [0.1, 0.15) is 0 Å². The second-order valence-electron chi connectivity index (χ2n) is 5.56. The van der Waals surface area contributed by atoms with Crippen LogP contribution in [-0.2, 0) is 9.59 Å². The van der Waals surface area contributed by atoms with Crippen molar-refractivity contribution in [2.45, 2.75) is 46.0 Å². The first-order valence-electron chi connectivity index (χ1n) is 7.92. The Morgan fingerprint density at radius 2 is 2.10 bits per heavy atom. The Morgan fingerprint density at radius 1 is 1.30 bits per heavy atom. The maximum absolute atomic E-state index is 12.2. The number of hydrogen-bond donors (Lipinski definition) is 2. The molecule has 5 nitrogen and oxygen atoms in total. The van der Waals surface area contributed by atoms with Crippen molar-refractivity contribution >= 4 is 11.8 Å². The highest BCUT2D eigenvalue weighted by Gasteiger charge is 2.19. The molecule has 116 valence electrons. The van der Waals surface area contributed by atoms with Gasteiger partial charge < -0.3 is 15.5 Å². The van der Waals surface area contributed by atoms with E-state index in [1.807, 2.05) is 13.8 Å². The van der Waals surface area contributed by atoms with Crippen LogP contribution in [0.25, 0.3) is 0 Å². The smallest absolute Gasteiger partial charge is 0.239 e. The monoisotopic (exact) mass is 283 g/mol. The largest absolute Gasteiger partial charge is 0.355 e. The molecule has 0 aromatic heterocycles. The maximum Gasteiger partial charge on any atom is 0.239 e. The molecule has 1 aliphatic heterocycles. The number of carbonyl (C=O) groups excluding carboxylic acids is 2. The van der Waals surface area contributed by atoms with Crippen LogP contribution in [0.4, 0.5) is 0 Å². The number of nitrogens with zero attached hydrogens (tertiary/aromatic N) is 1. The molecule has 0 radical (unpaired) electrons. The first-order valence-corrected chi connectivity index (χ1v) is 7.92. The van der Waals surface area contributed by atoms with Crippen molar-refractivity contribution in [3.8, 4) is 0 Å². The van der Waals surface area contributed by atoms with Crippen molar-refractivity contribution in [3.63, 3.8) is 0 Å². The number of carbonyl (C=O) groups is 2. The predicted molar refractivity (Wildman–Crippen MR) is 80.4 cm³/mol. The first kappa shape index (κ1) is 17.0. The molecule has 2 amide bonds. The average molecular weight is 283 g/mol. The second kappa shape index (κ2) is 9.75. The quantitative estimate of drug-likeness (QED) is 0.667. The van der Waals surface area contributed by atoms with Gasteiger partial charge in [0.25, 0.3) is 0 Å². The van der Waals surface area contributed by atoms with Crippen LogP contribution < -0.4 is 10.6 Å². The zero-order chi connectivity index (χ0) is 14.8. The Kier molecular flexibility index (Phi) is 8.26. The van der Waals surface area contributed by atoms with Crippen molar-refractivity contribution in [2.24, 2.45) is 5.92 Å². The third-order valence-corrected chi connectivity index (χ3v) is 3.68. The Bertz CT molecular complexity index is 301. The highest BCUT2D eigenvalue weighted by molar-refractivity contribution is 5.84. The third-order valence-electron chi connectivity index (χ3n) is 3.68. The fourth-order valence-electron chi connectivity index (χ4n) is 2.50. The Hall–Kier alpha value is -1.10. The molecule has 0 aromatic carbocycles. The molecule has 1 saturated heterocycles. The standard InChI is InChI=1S/C15H29N3O2/c1-3-8-17-14(19)12-18(10-4-2)15(20)6-5-13-7-9-16-11-13/h13,16H,3-12H2,1-2H3,(H,17,19). The van der Waals surface area contributed by atoms with Crippen LogP contribution in [0.5, 0.6) is 0 Å². The van der Waals surface area contributed by atoms with E-state index in [1.54, 1.807) is 4.90 Å². The maximum atomic E-state index is 12.2. The molecule has 1 aliphatic rings. The van der Waals surface area contributed by atoms with Gasteiger partial charge in [-0.05, 0) is 44.7 Å². The van der Waals surface area contributed by atoms with Gasteiger partial charge in [-0.25, -0.2) is 0 Å². The Labute approximate surface area is 122 Å². The SMILES string of the molecule is CCCNC(=O)CN(CCC)C(=O)CCC1CCNC1. The number of rotatable bonds is 9. The predicted octanol–water partition coefficient (Wildman–Crippen LogP) is 1.14. The van der Waals surface area contributed by atoms with E-state index in [2.05, 4.69) is 10.6 Å². The van der Waals surface area contributed by atoms with Crippen molar-refractivity contribution in [2.75, 3.05) is 32.7 Å². The van der Waals surface area contributed by atoms with Gasteiger partial charge in [-0.1, -0.05) is 13.8 Å². The molecule has 0 spiro atoms. The highest BCUT2D eigenvalue weighted by atomic mass is 16.2. The van der Waals surface area contributed by atoms with Gasteiger partial charge in [-0.3, -0.25) is 9.59 Å². The van der Waals surface area contributed by atoms with Crippen molar-refractivity contribution in [1.82, 2.24) is 15.5 Å². The third kappa shape index (κ3) is 6.37. The lowest BCUT2D eigenvalue weighted by Crippen LogP contribution is -2.41. The van der Waals surface area contributed by atoms with Crippen molar-refractivity contribution in [3.05, 3.63) is 0 Å². The molecular weight excluding hydrogens is 254 g/mol. The molecular formula is C15H29N3O2. The van der Waals surface area contributed by atoms with Crippen LogP contribution in [0.1, 0.15) is 46.0 Å². The summed E-state index contributed by atoms with van der Waals surface area (Å²) in [6.45, 7) is 7.70. The van der Waals surface area contributed by atoms with Gasteiger partial charge in [0.05, 0.1) is 6.54 Å². The van der Waals surface area contributed by atoms with Gasteiger partial charge >= 0.3 is 0 Å². The lowest BCUT2D eigenvalue weighted by molar-refractivity contribution is -0.136. The van der Waals surface area contributed by atoms with E-state index >= 15 is 0 Å². The van der Waals surface area contributed by atoms with E-state index in [1.165, 1.54) is 0 Å². The summed E-state index contributed by atoms with van der Waals surface area (Å²) >= 11 is 0. The summed E-state index contributed by atoms with van der Waals surface area (Å²) in [5.41, 5.74) is 0.